The summed E-state index contributed by atoms with van der Waals surface area (Å²) in [4.78, 5) is 20.8. The van der Waals surface area contributed by atoms with Crippen molar-refractivity contribution in [3.63, 3.8) is 0 Å². The molecule has 9 heteroatoms. The van der Waals surface area contributed by atoms with Gasteiger partial charge in [0.2, 0.25) is 0 Å². The predicted octanol–water partition coefficient (Wildman–Crippen LogP) is 1.69. The smallest absolute Gasteiger partial charge is 0.276 e. The summed E-state index contributed by atoms with van der Waals surface area (Å²) < 4.78 is 31.9. The van der Waals surface area contributed by atoms with Crippen LogP contribution in [0.1, 0.15) is 16.4 Å². The molecular formula is C10H8N2O6S. The van der Waals surface area contributed by atoms with Crippen LogP contribution in [-0.4, -0.2) is 23.9 Å². The van der Waals surface area contributed by atoms with Crippen LogP contribution in [0.4, 0.5) is 5.69 Å². The number of nitrogens with zero attached hydrogens (tertiary/aromatic N) is 2. The first-order valence-electron chi connectivity index (χ1n) is 5.10. The van der Waals surface area contributed by atoms with Crippen molar-refractivity contribution in [1.29, 1.82) is 0 Å². The second-order valence-corrected chi connectivity index (χ2v) is 5.47. The van der Waals surface area contributed by atoms with Gasteiger partial charge in [-0.3, -0.25) is 14.7 Å². The summed E-state index contributed by atoms with van der Waals surface area (Å²) in [6.07, 6.45) is 2.39. The van der Waals surface area contributed by atoms with Crippen molar-refractivity contribution < 1.29 is 17.9 Å². The third-order valence-electron chi connectivity index (χ3n) is 2.83. The van der Waals surface area contributed by atoms with Gasteiger partial charge in [-0.15, -0.1) is 0 Å². The van der Waals surface area contributed by atoms with Crippen LogP contribution >= 0.6 is 0 Å². The van der Waals surface area contributed by atoms with Crippen LogP contribution in [0.5, 0.6) is 0 Å². The van der Waals surface area contributed by atoms with Gasteiger partial charge in [0.15, 0.2) is 0 Å². The third kappa shape index (κ3) is 2.25. The lowest BCUT2D eigenvalue weighted by atomic mass is 9.93. The number of hydrogen-bond donors (Lipinski definition) is 1. The van der Waals surface area contributed by atoms with Crippen molar-refractivity contribution in [2.75, 3.05) is 0 Å². The van der Waals surface area contributed by atoms with E-state index in [9.17, 15) is 28.0 Å². The first-order valence-corrected chi connectivity index (χ1v) is 6.61. The molecule has 1 aliphatic carbocycles. The lowest BCUT2D eigenvalue weighted by Gasteiger charge is -2.22. The molecule has 0 fully saturated rings. The molecule has 19 heavy (non-hydrogen) atoms. The summed E-state index contributed by atoms with van der Waals surface area (Å²) in [6, 6.07) is 2.49. The Morgan fingerprint density at radius 3 is 2.58 bits per heavy atom. The van der Waals surface area contributed by atoms with E-state index in [1.807, 2.05) is 0 Å². The van der Waals surface area contributed by atoms with Crippen molar-refractivity contribution in [3.05, 3.63) is 50.4 Å². The monoisotopic (exact) mass is 284 g/mol. The van der Waals surface area contributed by atoms with Crippen LogP contribution in [0, 0.1) is 15.0 Å². The predicted molar refractivity (Wildman–Crippen MR) is 66.0 cm³/mol. The van der Waals surface area contributed by atoms with Gasteiger partial charge in [0.25, 0.3) is 15.8 Å². The summed E-state index contributed by atoms with van der Waals surface area (Å²) in [6.45, 7) is 0. The fourth-order valence-corrected chi connectivity index (χ4v) is 3.09. The first kappa shape index (κ1) is 13.3. The number of nitro groups is 1. The molecule has 2 unspecified atom stereocenters. The Kier molecular flexibility index (Phi) is 3.16. The summed E-state index contributed by atoms with van der Waals surface area (Å²) >= 11 is 0. The van der Waals surface area contributed by atoms with Crippen molar-refractivity contribution in [2.24, 2.45) is 5.18 Å². The molecule has 0 heterocycles. The maximum Gasteiger partial charge on any atom is 0.276 e. The van der Waals surface area contributed by atoms with Gasteiger partial charge in [-0.1, -0.05) is 23.4 Å². The molecule has 1 N–H and O–H groups in total. The zero-order chi connectivity index (χ0) is 14.2. The van der Waals surface area contributed by atoms with Gasteiger partial charge < -0.3 is 0 Å². The zero-order valence-corrected chi connectivity index (χ0v) is 10.1. The Bertz CT molecular complexity index is 681. The van der Waals surface area contributed by atoms with Gasteiger partial charge in [-0.2, -0.15) is 13.3 Å². The van der Waals surface area contributed by atoms with Crippen LogP contribution in [-0.2, 0) is 10.1 Å². The average molecular weight is 284 g/mol. The summed E-state index contributed by atoms with van der Waals surface area (Å²) in [7, 11) is -4.61. The third-order valence-corrected chi connectivity index (χ3v) is 4.01. The standard InChI is InChI=1S/C10H8N2O6S/c13-11-8-5-4-6-7(10(8)19(16,17)18)2-1-3-9(6)12(14)15/h1-5,8,10H,(H,16,17,18). The molecule has 0 saturated heterocycles. The van der Waals surface area contributed by atoms with E-state index in [-0.39, 0.29) is 16.8 Å². The Hall–Kier alpha value is -2.13. The second kappa shape index (κ2) is 4.52. The Morgan fingerprint density at radius 2 is 2.05 bits per heavy atom. The van der Waals surface area contributed by atoms with Crippen molar-refractivity contribution in [3.8, 4) is 0 Å². The topological polar surface area (TPSA) is 127 Å². The maximum atomic E-state index is 11.4. The largest absolute Gasteiger partial charge is 0.285 e. The van der Waals surface area contributed by atoms with Gasteiger partial charge in [-0.05, 0) is 11.6 Å². The van der Waals surface area contributed by atoms with Gasteiger partial charge in [0.1, 0.15) is 11.3 Å². The first-order chi connectivity index (χ1) is 8.86. The lowest BCUT2D eigenvalue weighted by molar-refractivity contribution is -0.385. The van der Waals surface area contributed by atoms with Crippen LogP contribution < -0.4 is 0 Å². The Balaban J connectivity index is 2.73. The molecule has 1 aliphatic rings. The van der Waals surface area contributed by atoms with Crippen LogP contribution in [0.3, 0.4) is 0 Å². The highest BCUT2D eigenvalue weighted by Crippen LogP contribution is 2.38. The molecule has 0 bridgehead atoms. The van der Waals surface area contributed by atoms with E-state index in [1.54, 1.807) is 0 Å². The van der Waals surface area contributed by atoms with Crippen molar-refractivity contribution in [2.45, 2.75) is 11.3 Å². The molecular weight excluding hydrogens is 276 g/mol. The fraction of sp³-hybridized carbons (Fsp3) is 0.200. The molecule has 0 amide bonds. The summed E-state index contributed by atoms with van der Waals surface area (Å²) in [5, 5.41) is 11.9. The van der Waals surface area contributed by atoms with E-state index >= 15 is 0 Å². The van der Waals surface area contributed by atoms with Gasteiger partial charge in [0, 0.05) is 6.07 Å². The molecule has 0 radical (unpaired) electrons. The second-order valence-electron chi connectivity index (χ2n) is 3.93. The summed E-state index contributed by atoms with van der Waals surface area (Å²) in [5.41, 5.74) is -0.259. The van der Waals surface area contributed by atoms with Crippen LogP contribution in [0.15, 0.2) is 29.5 Å². The number of nitroso groups, excluding NO2 is 1. The van der Waals surface area contributed by atoms with Gasteiger partial charge in [0.05, 0.1) is 10.5 Å². The minimum atomic E-state index is -4.61. The highest BCUT2D eigenvalue weighted by molar-refractivity contribution is 7.86. The average Bonchev–Trinajstić information content (AvgIpc) is 2.34. The molecule has 8 nitrogen and oxygen atoms in total. The molecule has 2 rings (SSSR count). The number of rotatable bonds is 3. The minimum absolute atomic E-state index is 0.0104. The molecule has 0 spiro atoms. The van der Waals surface area contributed by atoms with E-state index in [2.05, 4.69) is 5.18 Å². The molecule has 1 aromatic carbocycles. The molecule has 0 saturated carbocycles. The number of hydrogen-bond acceptors (Lipinski definition) is 6. The number of nitro benzene ring substituents is 1. The molecule has 1 aromatic rings. The van der Waals surface area contributed by atoms with E-state index in [1.165, 1.54) is 24.3 Å². The van der Waals surface area contributed by atoms with Crippen LogP contribution in [0.25, 0.3) is 6.08 Å². The van der Waals surface area contributed by atoms with E-state index in [0.717, 1.165) is 6.08 Å². The SMILES string of the molecule is O=NC1C=Cc2c(cccc2[N+](=O)[O-])C1S(=O)(=O)O. The summed E-state index contributed by atoms with van der Waals surface area (Å²) in [5.74, 6) is 0. The molecule has 2 atom stereocenters. The maximum absolute atomic E-state index is 11.4. The lowest BCUT2D eigenvalue weighted by Crippen LogP contribution is -2.26. The molecule has 0 aromatic heterocycles. The number of benzene rings is 1. The van der Waals surface area contributed by atoms with Gasteiger partial charge in [-0.25, -0.2) is 0 Å². The van der Waals surface area contributed by atoms with E-state index in [4.69, 9.17) is 0 Å². The van der Waals surface area contributed by atoms with Crippen molar-refractivity contribution in [1.82, 2.24) is 0 Å². The van der Waals surface area contributed by atoms with E-state index < -0.39 is 26.3 Å². The van der Waals surface area contributed by atoms with Gasteiger partial charge >= 0.3 is 0 Å². The fourth-order valence-electron chi connectivity index (χ4n) is 2.07. The molecule has 0 aliphatic heterocycles. The Morgan fingerprint density at radius 1 is 1.37 bits per heavy atom. The normalized spacial score (nSPS) is 21.7. The zero-order valence-electron chi connectivity index (χ0n) is 9.33. The quantitative estimate of drug-likeness (QED) is 0.389. The van der Waals surface area contributed by atoms with Crippen LogP contribution in [0.2, 0.25) is 0 Å². The Labute approximate surface area is 107 Å². The minimum Gasteiger partial charge on any atom is -0.285 e. The van der Waals surface area contributed by atoms with E-state index in [0.29, 0.717) is 0 Å². The highest BCUT2D eigenvalue weighted by atomic mass is 32.2. The van der Waals surface area contributed by atoms with Crippen molar-refractivity contribution >= 4 is 21.9 Å². The number of fused-ring (bicyclic) bond motifs is 1. The molecule has 100 valence electrons. The highest BCUT2D eigenvalue weighted by Gasteiger charge is 2.39.